The van der Waals surface area contributed by atoms with E-state index in [1.807, 2.05) is 6.92 Å². The van der Waals surface area contributed by atoms with Gasteiger partial charge in [-0.15, -0.1) is 0 Å². The number of aryl methyl sites for hydroxylation is 1. The molecule has 1 aromatic rings. The van der Waals surface area contributed by atoms with Crippen LogP contribution in [0.4, 0.5) is 10.2 Å². The van der Waals surface area contributed by atoms with Crippen LogP contribution in [0.2, 0.25) is 0 Å². The number of anilines is 1. The summed E-state index contributed by atoms with van der Waals surface area (Å²) in [7, 11) is 0. The van der Waals surface area contributed by atoms with E-state index < -0.39 is 0 Å². The minimum Gasteiger partial charge on any atom is -0.365 e. The lowest BCUT2D eigenvalue weighted by Crippen LogP contribution is -2.18. The van der Waals surface area contributed by atoms with E-state index >= 15 is 0 Å². The van der Waals surface area contributed by atoms with Crippen molar-refractivity contribution >= 4 is 5.82 Å². The van der Waals surface area contributed by atoms with Crippen molar-refractivity contribution in [1.82, 2.24) is 9.97 Å². The van der Waals surface area contributed by atoms with E-state index in [2.05, 4.69) is 22.2 Å². The van der Waals surface area contributed by atoms with Gasteiger partial charge in [-0.1, -0.05) is 13.8 Å². The zero-order valence-corrected chi connectivity index (χ0v) is 9.83. The molecular weight excluding hydrogens is 205 g/mol. The molecule has 4 heteroatoms. The highest BCUT2D eigenvalue weighted by Gasteiger charge is 2.22. The fourth-order valence-corrected chi connectivity index (χ4v) is 2.28. The first-order valence-electron chi connectivity index (χ1n) is 5.96. The van der Waals surface area contributed by atoms with Gasteiger partial charge < -0.3 is 5.32 Å². The van der Waals surface area contributed by atoms with Crippen LogP contribution in [0.5, 0.6) is 0 Å². The molecule has 2 atom stereocenters. The zero-order chi connectivity index (χ0) is 11.5. The summed E-state index contributed by atoms with van der Waals surface area (Å²) < 4.78 is 13.8. The predicted molar refractivity (Wildman–Crippen MR) is 61.8 cm³/mol. The molecule has 0 saturated heterocycles. The molecule has 0 aromatic carbocycles. The van der Waals surface area contributed by atoms with Crippen molar-refractivity contribution in [2.24, 2.45) is 5.92 Å². The summed E-state index contributed by atoms with van der Waals surface area (Å²) in [6, 6.07) is 0.365. The van der Waals surface area contributed by atoms with Crippen LogP contribution in [0, 0.1) is 11.7 Å². The summed E-state index contributed by atoms with van der Waals surface area (Å²) in [5, 5.41) is 3.19. The van der Waals surface area contributed by atoms with Crippen molar-refractivity contribution in [3.63, 3.8) is 0 Å². The molecule has 88 valence electrons. The Bertz CT molecular complexity index is 367. The molecule has 1 aliphatic carbocycles. The zero-order valence-electron chi connectivity index (χ0n) is 9.83. The average Bonchev–Trinajstić information content (AvgIpc) is 2.67. The first-order chi connectivity index (χ1) is 7.70. The molecule has 2 unspecified atom stereocenters. The van der Waals surface area contributed by atoms with Gasteiger partial charge in [-0.25, -0.2) is 14.4 Å². The summed E-state index contributed by atoms with van der Waals surface area (Å²) in [5.41, 5.74) is 0.489. The smallest absolute Gasteiger partial charge is 0.186 e. The Morgan fingerprint density at radius 3 is 2.88 bits per heavy atom. The van der Waals surface area contributed by atoms with Crippen LogP contribution in [0.25, 0.3) is 0 Å². The van der Waals surface area contributed by atoms with Crippen molar-refractivity contribution in [2.45, 2.75) is 45.6 Å². The van der Waals surface area contributed by atoms with E-state index in [1.165, 1.54) is 12.7 Å². The van der Waals surface area contributed by atoms with Crippen LogP contribution in [0.3, 0.4) is 0 Å². The van der Waals surface area contributed by atoms with E-state index in [4.69, 9.17) is 0 Å². The van der Waals surface area contributed by atoms with E-state index in [9.17, 15) is 4.39 Å². The van der Waals surface area contributed by atoms with Crippen molar-refractivity contribution in [1.29, 1.82) is 0 Å². The van der Waals surface area contributed by atoms with Gasteiger partial charge in [-0.2, -0.15) is 0 Å². The molecule has 0 spiro atoms. The Labute approximate surface area is 95.5 Å². The second-order valence-electron chi connectivity index (χ2n) is 4.60. The van der Waals surface area contributed by atoms with Crippen LogP contribution in [0.1, 0.15) is 38.8 Å². The van der Waals surface area contributed by atoms with Gasteiger partial charge in [-0.05, 0) is 31.6 Å². The molecule has 1 aliphatic rings. The van der Waals surface area contributed by atoms with E-state index in [0.717, 1.165) is 18.8 Å². The normalized spacial score (nSPS) is 24.7. The van der Waals surface area contributed by atoms with Gasteiger partial charge in [-0.3, -0.25) is 0 Å². The summed E-state index contributed by atoms with van der Waals surface area (Å²) in [6.07, 6.45) is 5.45. The number of nitrogens with one attached hydrogen (secondary N) is 1. The number of nitrogens with zero attached hydrogens (tertiary/aromatic N) is 2. The first kappa shape index (κ1) is 11.3. The van der Waals surface area contributed by atoms with Crippen LogP contribution in [-0.4, -0.2) is 16.0 Å². The van der Waals surface area contributed by atoms with Gasteiger partial charge in [0.1, 0.15) is 6.33 Å². The highest BCUT2D eigenvalue weighted by atomic mass is 19.1. The molecular formula is C12H18FN3. The Morgan fingerprint density at radius 1 is 1.44 bits per heavy atom. The molecule has 1 aromatic heterocycles. The minimum atomic E-state index is -0.287. The Kier molecular flexibility index (Phi) is 3.36. The quantitative estimate of drug-likeness (QED) is 0.856. The summed E-state index contributed by atoms with van der Waals surface area (Å²) in [4.78, 5) is 7.90. The lowest BCUT2D eigenvalue weighted by atomic mass is 10.1. The van der Waals surface area contributed by atoms with Crippen LogP contribution in [0.15, 0.2) is 6.33 Å². The summed E-state index contributed by atoms with van der Waals surface area (Å²) in [5.74, 6) is 0.809. The van der Waals surface area contributed by atoms with Gasteiger partial charge in [0, 0.05) is 6.04 Å². The standard InChI is InChI=1S/C12H18FN3/c1-3-10-11(13)12(15-7-14-10)16-9-5-4-8(2)6-9/h7-9H,3-6H2,1-2H3,(H,14,15,16). The third-order valence-electron chi connectivity index (χ3n) is 3.23. The second kappa shape index (κ2) is 4.76. The van der Waals surface area contributed by atoms with Crippen molar-refractivity contribution in [3.8, 4) is 0 Å². The summed E-state index contributed by atoms with van der Waals surface area (Å²) >= 11 is 0. The molecule has 16 heavy (non-hydrogen) atoms. The molecule has 1 heterocycles. The first-order valence-corrected chi connectivity index (χ1v) is 5.96. The van der Waals surface area contributed by atoms with Gasteiger partial charge in [0.15, 0.2) is 11.6 Å². The van der Waals surface area contributed by atoms with E-state index in [-0.39, 0.29) is 5.82 Å². The van der Waals surface area contributed by atoms with Gasteiger partial charge in [0.2, 0.25) is 0 Å². The molecule has 0 aliphatic heterocycles. The maximum absolute atomic E-state index is 13.8. The van der Waals surface area contributed by atoms with Crippen LogP contribution < -0.4 is 5.32 Å². The van der Waals surface area contributed by atoms with Crippen molar-refractivity contribution < 1.29 is 4.39 Å². The Balaban J connectivity index is 2.09. The lowest BCUT2D eigenvalue weighted by molar-refractivity contribution is 0.583. The molecule has 1 saturated carbocycles. The molecule has 3 nitrogen and oxygen atoms in total. The SMILES string of the molecule is CCc1ncnc(NC2CCC(C)C2)c1F. The largest absolute Gasteiger partial charge is 0.365 e. The monoisotopic (exact) mass is 223 g/mol. The molecule has 1 N–H and O–H groups in total. The maximum Gasteiger partial charge on any atom is 0.186 e. The molecule has 1 fully saturated rings. The summed E-state index contributed by atoms with van der Waals surface area (Å²) in [6.45, 7) is 4.13. The number of hydrogen-bond donors (Lipinski definition) is 1. The number of halogens is 1. The Hall–Kier alpha value is -1.19. The molecule has 0 amide bonds. The lowest BCUT2D eigenvalue weighted by Gasteiger charge is -2.14. The molecule has 0 bridgehead atoms. The Morgan fingerprint density at radius 2 is 2.25 bits per heavy atom. The van der Waals surface area contributed by atoms with Gasteiger partial charge in [0.25, 0.3) is 0 Å². The highest BCUT2D eigenvalue weighted by molar-refractivity contribution is 5.38. The van der Waals surface area contributed by atoms with Gasteiger partial charge >= 0.3 is 0 Å². The van der Waals surface area contributed by atoms with Crippen molar-refractivity contribution in [3.05, 3.63) is 17.8 Å². The van der Waals surface area contributed by atoms with Crippen LogP contribution >= 0.6 is 0 Å². The minimum absolute atomic E-state index is 0.287. The fourth-order valence-electron chi connectivity index (χ4n) is 2.28. The third-order valence-corrected chi connectivity index (χ3v) is 3.23. The fraction of sp³-hybridized carbons (Fsp3) is 0.667. The van der Waals surface area contributed by atoms with Crippen LogP contribution in [-0.2, 0) is 6.42 Å². The third kappa shape index (κ3) is 2.31. The average molecular weight is 223 g/mol. The van der Waals surface area contributed by atoms with E-state index in [1.54, 1.807) is 0 Å². The number of aromatic nitrogens is 2. The predicted octanol–water partition coefficient (Wildman–Crippen LogP) is 2.78. The number of hydrogen-bond acceptors (Lipinski definition) is 3. The molecule has 2 rings (SSSR count). The maximum atomic E-state index is 13.8. The topological polar surface area (TPSA) is 37.8 Å². The second-order valence-corrected chi connectivity index (χ2v) is 4.60. The van der Waals surface area contributed by atoms with Gasteiger partial charge in [0.05, 0.1) is 5.69 Å². The van der Waals surface area contributed by atoms with E-state index in [0.29, 0.717) is 24.0 Å². The highest BCUT2D eigenvalue weighted by Crippen LogP contribution is 2.27. The number of rotatable bonds is 3. The van der Waals surface area contributed by atoms with Crippen molar-refractivity contribution in [2.75, 3.05) is 5.32 Å². The molecule has 0 radical (unpaired) electrons.